The molecule has 5 nitrogen and oxygen atoms in total. The molecular weight excluding hydrogens is 382 g/mol. The second kappa shape index (κ2) is 9.06. The fraction of sp³-hybridized carbons (Fsp3) is 0.385. The minimum absolute atomic E-state index is 0.718. The lowest BCUT2D eigenvalue weighted by Crippen LogP contribution is -2.34. The molecule has 0 atom stereocenters. The minimum atomic E-state index is 0.718. The third-order valence-corrected chi connectivity index (χ3v) is 7.00. The Morgan fingerprint density at radius 2 is 1.77 bits per heavy atom. The molecule has 1 aliphatic carbocycles. The van der Waals surface area contributed by atoms with Crippen molar-refractivity contribution in [2.45, 2.75) is 51.1 Å². The van der Waals surface area contributed by atoms with Crippen LogP contribution in [-0.2, 0) is 13.0 Å². The Morgan fingerprint density at radius 1 is 1.00 bits per heavy atom. The summed E-state index contributed by atoms with van der Waals surface area (Å²) in [6.45, 7) is 1.06. The quantitative estimate of drug-likeness (QED) is 0.443. The maximum absolute atomic E-state index is 3.93. The van der Waals surface area contributed by atoms with Gasteiger partial charge in [0.2, 0.25) is 0 Å². The topological polar surface area (TPSA) is 49.7 Å². The number of benzene rings is 2. The van der Waals surface area contributed by atoms with E-state index in [0.717, 1.165) is 30.6 Å². The predicted octanol–water partition coefficient (Wildman–Crippen LogP) is 5.37. The molecule has 1 saturated carbocycles. The molecule has 0 spiro atoms. The molecule has 0 aliphatic heterocycles. The van der Waals surface area contributed by atoms with Gasteiger partial charge in [-0.3, -0.25) is 9.47 Å². The molecule has 5 rings (SSSR count). The van der Waals surface area contributed by atoms with Crippen LogP contribution in [0, 0.1) is 5.92 Å². The lowest BCUT2D eigenvalue weighted by Gasteiger charge is -2.34. The summed E-state index contributed by atoms with van der Waals surface area (Å²) < 4.78 is 1.96. The van der Waals surface area contributed by atoms with Crippen molar-refractivity contribution in [3.8, 4) is 5.69 Å². The van der Waals surface area contributed by atoms with Gasteiger partial charge in [-0.15, -0.1) is 10.2 Å². The van der Waals surface area contributed by atoms with E-state index in [0.29, 0.717) is 0 Å². The largest absolute Gasteiger partial charge is 0.361 e. The van der Waals surface area contributed by atoms with Gasteiger partial charge in [0.05, 0.1) is 0 Å². The van der Waals surface area contributed by atoms with Gasteiger partial charge in [0.1, 0.15) is 12.7 Å². The molecule has 160 valence electrons. The van der Waals surface area contributed by atoms with Crippen LogP contribution in [0.4, 0.5) is 0 Å². The van der Waals surface area contributed by atoms with Gasteiger partial charge in [-0.1, -0.05) is 30.3 Å². The van der Waals surface area contributed by atoms with E-state index in [1.54, 1.807) is 12.7 Å². The zero-order chi connectivity index (χ0) is 21.0. The average molecular weight is 414 g/mol. The molecule has 0 bridgehead atoms. The SMILES string of the molecule is CN(Cc1ccccc1)[C@H]1CC[C@@H](CCc2c[nH]c3ccc(-n4cnnc4)cc23)CC1. The van der Waals surface area contributed by atoms with Crippen molar-refractivity contribution in [3.63, 3.8) is 0 Å². The lowest BCUT2D eigenvalue weighted by atomic mass is 9.82. The van der Waals surface area contributed by atoms with Crippen LogP contribution in [0.5, 0.6) is 0 Å². The van der Waals surface area contributed by atoms with E-state index in [1.807, 2.05) is 4.57 Å². The number of aryl methyl sites for hydroxylation is 1. The van der Waals surface area contributed by atoms with Crippen molar-refractivity contribution < 1.29 is 0 Å². The molecule has 31 heavy (non-hydrogen) atoms. The molecule has 2 heterocycles. The van der Waals surface area contributed by atoms with E-state index in [4.69, 9.17) is 0 Å². The van der Waals surface area contributed by atoms with Gasteiger partial charge in [0.25, 0.3) is 0 Å². The predicted molar refractivity (Wildman–Crippen MR) is 125 cm³/mol. The first-order valence-electron chi connectivity index (χ1n) is 11.5. The summed E-state index contributed by atoms with van der Waals surface area (Å²) in [6, 6.07) is 18.1. The molecule has 0 radical (unpaired) electrons. The monoisotopic (exact) mass is 413 g/mol. The number of fused-ring (bicyclic) bond motifs is 1. The smallest absolute Gasteiger partial charge is 0.123 e. The van der Waals surface area contributed by atoms with E-state index in [-0.39, 0.29) is 0 Å². The molecule has 0 saturated heterocycles. The summed E-state index contributed by atoms with van der Waals surface area (Å²) in [5.41, 5.74) is 5.16. The van der Waals surface area contributed by atoms with E-state index in [9.17, 15) is 0 Å². The van der Waals surface area contributed by atoms with Gasteiger partial charge in [0.15, 0.2) is 0 Å². The summed E-state index contributed by atoms with van der Waals surface area (Å²) in [4.78, 5) is 6.00. The molecule has 1 aliphatic rings. The van der Waals surface area contributed by atoms with Crippen LogP contribution in [0.1, 0.15) is 43.2 Å². The molecule has 5 heteroatoms. The first kappa shape index (κ1) is 20.0. The number of nitrogens with zero attached hydrogens (tertiary/aromatic N) is 4. The second-order valence-corrected chi connectivity index (χ2v) is 9.03. The van der Waals surface area contributed by atoms with Gasteiger partial charge in [-0.2, -0.15) is 0 Å². The Balaban J connectivity index is 1.16. The number of hydrogen-bond donors (Lipinski definition) is 1. The Bertz CT molecular complexity index is 1090. The first-order chi connectivity index (χ1) is 15.3. The van der Waals surface area contributed by atoms with E-state index < -0.39 is 0 Å². The lowest BCUT2D eigenvalue weighted by molar-refractivity contribution is 0.156. The van der Waals surface area contributed by atoms with E-state index in [2.05, 4.69) is 81.9 Å². The summed E-state index contributed by atoms with van der Waals surface area (Å²) in [5, 5.41) is 9.18. The van der Waals surface area contributed by atoms with Gasteiger partial charge in [0, 0.05) is 35.4 Å². The summed E-state index contributed by atoms with van der Waals surface area (Å²) in [5.74, 6) is 0.840. The van der Waals surface area contributed by atoms with Crippen LogP contribution < -0.4 is 0 Å². The summed E-state index contributed by atoms with van der Waals surface area (Å²) >= 11 is 0. The highest BCUT2D eigenvalue weighted by Crippen LogP contribution is 2.32. The molecule has 1 fully saturated rings. The summed E-state index contributed by atoms with van der Waals surface area (Å²) in [7, 11) is 2.29. The van der Waals surface area contributed by atoms with Crippen molar-refractivity contribution >= 4 is 10.9 Å². The molecule has 2 aromatic heterocycles. The number of aromatic nitrogens is 4. The molecule has 1 N–H and O–H groups in total. The number of hydrogen-bond acceptors (Lipinski definition) is 3. The standard InChI is InChI=1S/C26H31N5/c1-30(17-21-5-3-2-4-6-21)23-11-8-20(9-12-23)7-10-22-16-27-26-14-13-24(15-25(22)26)31-18-28-29-19-31/h2-6,13-16,18-20,23,27H,7-12,17H2,1H3/t20-,23+. The Morgan fingerprint density at radius 3 is 2.55 bits per heavy atom. The minimum Gasteiger partial charge on any atom is -0.361 e. The first-order valence-corrected chi connectivity index (χ1v) is 11.5. The van der Waals surface area contributed by atoms with Crippen molar-refractivity contribution in [2.75, 3.05) is 7.05 Å². The Labute approximate surface area is 184 Å². The van der Waals surface area contributed by atoms with Crippen LogP contribution in [0.15, 0.2) is 67.4 Å². The molecule has 0 amide bonds. The Kier molecular flexibility index (Phi) is 5.85. The Hall–Kier alpha value is -2.92. The highest BCUT2D eigenvalue weighted by atomic mass is 15.2. The third kappa shape index (κ3) is 4.57. The van der Waals surface area contributed by atoms with Crippen molar-refractivity contribution in [2.24, 2.45) is 5.92 Å². The highest BCUT2D eigenvalue weighted by Gasteiger charge is 2.24. The molecular formula is C26H31N5. The van der Waals surface area contributed by atoms with E-state index in [1.165, 1.54) is 54.1 Å². The normalized spacial score (nSPS) is 19.3. The zero-order valence-electron chi connectivity index (χ0n) is 18.2. The maximum Gasteiger partial charge on any atom is 0.123 e. The second-order valence-electron chi connectivity index (χ2n) is 9.03. The van der Waals surface area contributed by atoms with Crippen LogP contribution >= 0.6 is 0 Å². The maximum atomic E-state index is 3.93. The molecule has 2 aromatic carbocycles. The van der Waals surface area contributed by atoms with Crippen molar-refractivity contribution in [1.29, 1.82) is 0 Å². The number of nitrogens with one attached hydrogen (secondary N) is 1. The number of rotatable bonds is 7. The van der Waals surface area contributed by atoms with E-state index >= 15 is 0 Å². The molecule has 4 aromatic rings. The van der Waals surface area contributed by atoms with Gasteiger partial charge >= 0.3 is 0 Å². The summed E-state index contributed by atoms with van der Waals surface area (Å²) in [6.07, 6.45) is 13.4. The zero-order valence-corrected chi connectivity index (χ0v) is 18.2. The number of H-pyrrole nitrogens is 1. The highest BCUT2D eigenvalue weighted by molar-refractivity contribution is 5.85. The number of aromatic amines is 1. The van der Waals surface area contributed by atoms with Gasteiger partial charge in [-0.25, -0.2) is 0 Å². The fourth-order valence-corrected chi connectivity index (χ4v) is 5.10. The van der Waals surface area contributed by atoms with Crippen LogP contribution in [0.2, 0.25) is 0 Å². The fourth-order valence-electron chi connectivity index (χ4n) is 5.10. The van der Waals surface area contributed by atoms with Crippen LogP contribution in [0.25, 0.3) is 16.6 Å². The van der Waals surface area contributed by atoms with Gasteiger partial charge < -0.3 is 4.98 Å². The average Bonchev–Trinajstić information content (AvgIpc) is 3.48. The van der Waals surface area contributed by atoms with Crippen LogP contribution in [-0.4, -0.2) is 37.7 Å². The van der Waals surface area contributed by atoms with Crippen LogP contribution in [0.3, 0.4) is 0 Å². The van der Waals surface area contributed by atoms with Gasteiger partial charge in [-0.05, 0) is 80.8 Å². The molecule has 0 unspecified atom stereocenters. The van der Waals surface area contributed by atoms with Crippen molar-refractivity contribution in [1.82, 2.24) is 24.6 Å². The van der Waals surface area contributed by atoms with Crippen molar-refractivity contribution in [3.05, 3.63) is 78.5 Å². The third-order valence-electron chi connectivity index (χ3n) is 7.00.